The van der Waals surface area contributed by atoms with Crippen LogP contribution in [0, 0.1) is 18.6 Å². The van der Waals surface area contributed by atoms with Crippen LogP contribution < -0.4 is 21.7 Å². The van der Waals surface area contributed by atoms with Gasteiger partial charge in [-0.2, -0.15) is 13.2 Å². The summed E-state index contributed by atoms with van der Waals surface area (Å²) in [6.45, 7) is 0.539. The van der Waals surface area contributed by atoms with E-state index in [1.54, 1.807) is 30.3 Å². The van der Waals surface area contributed by atoms with E-state index in [9.17, 15) is 27.2 Å². The van der Waals surface area contributed by atoms with Crippen LogP contribution in [0.25, 0.3) is 11.1 Å². The molecule has 220 valence electrons. The number of hydrogen-bond donors (Lipinski definition) is 1. The fourth-order valence-corrected chi connectivity index (χ4v) is 4.86. The minimum Gasteiger partial charge on any atom is -0.482 e. The molecular weight excluding hydrogens is 561 g/mol. The number of hydrogen-bond acceptors (Lipinski definition) is 5. The molecule has 1 unspecified atom stereocenters. The van der Waals surface area contributed by atoms with Gasteiger partial charge < -0.3 is 15.2 Å². The summed E-state index contributed by atoms with van der Waals surface area (Å²) in [6, 6.07) is 14.2. The number of rotatable bonds is 8. The van der Waals surface area contributed by atoms with Crippen LogP contribution in [-0.2, 0) is 24.0 Å². The molecule has 1 aliphatic heterocycles. The van der Waals surface area contributed by atoms with E-state index < -0.39 is 58.9 Å². The number of alkyl halides is 3. The molecule has 2 heterocycles. The highest BCUT2D eigenvalue weighted by Crippen LogP contribution is 2.34. The van der Waals surface area contributed by atoms with Gasteiger partial charge in [0, 0.05) is 22.9 Å². The molecule has 0 bridgehead atoms. The van der Waals surface area contributed by atoms with E-state index in [2.05, 4.69) is 0 Å². The molecule has 2 N–H and O–H groups in total. The van der Waals surface area contributed by atoms with Gasteiger partial charge in [0.05, 0.1) is 37.4 Å². The Hall–Kier alpha value is -4.29. The van der Waals surface area contributed by atoms with Gasteiger partial charge in [0.2, 0.25) is 0 Å². The molecule has 0 saturated carbocycles. The normalized spacial score (nSPS) is 14.5. The Labute approximate surface area is 236 Å². The molecule has 4 aromatic rings. The van der Waals surface area contributed by atoms with Gasteiger partial charge in [0.15, 0.2) is 11.6 Å². The largest absolute Gasteiger partial charge is 0.482 e. The molecule has 3 aromatic carbocycles. The molecule has 1 atom stereocenters. The summed E-state index contributed by atoms with van der Waals surface area (Å²) in [5.74, 6) is -2.27. The second-order valence-electron chi connectivity index (χ2n) is 9.92. The van der Waals surface area contributed by atoms with Crippen molar-refractivity contribution in [1.29, 1.82) is 0 Å². The lowest BCUT2D eigenvalue weighted by Gasteiger charge is -2.27. The van der Waals surface area contributed by atoms with Gasteiger partial charge in [-0.25, -0.2) is 13.6 Å². The summed E-state index contributed by atoms with van der Waals surface area (Å²) in [4.78, 5) is 27.6. The highest BCUT2D eigenvalue weighted by Gasteiger charge is 2.35. The van der Waals surface area contributed by atoms with Crippen molar-refractivity contribution >= 4 is 0 Å². The zero-order chi connectivity index (χ0) is 30.2. The SMILES string of the molecule is Cc1c(-c2cccc(OC3COC3)c2F)c(=O)n(CC(N)c2ccccc2)c(=O)n1Cc1c(F)cccc1C(F)(F)F. The summed E-state index contributed by atoms with van der Waals surface area (Å²) >= 11 is 0. The smallest absolute Gasteiger partial charge is 0.416 e. The van der Waals surface area contributed by atoms with Crippen molar-refractivity contribution in [3.63, 3.8) is 0 Å². The molecule has 0 radical (unpaired) electrons. The lowest BCUT2D eigenvalue weighted by molar-refractivity contribution is -0.138. The van der Waals surface area contributed by atoms with Crippen molar-refractivity contribution in [2.45, 2.75) is 38.3 Å². The highest BCUT2D eigenvalue weighted by atomic mass is 19.4. The third-order valence-electron chi connectivity index (χ3n) is 7.17. The molecule has 1 aliphatic rings. The van der Waals surface area contributed by atoms with Crippen LogP contribution in [0.5, 0.6) is 5.75 Å². The first-order valence-electron chi connectivity index (χ1n) is 13.0. The molecule has 1 fully saturated rings. The van der Waals surface area contributed by atoms with Crippen molar-refractivity contribution in [1.82, 2.24) is 9.13 Å². The summed E-state index contributed by atoms with van der Waals surface area (Å²) in [5.41, 5.74) is 2.17. The topological polar surface area (TPSA) is 88.5 Å². The van der Waals surface area contributed by atoms with Crippen molar-refractivity contribution in [2.75, 3.05) is 13.2 Å². The summed E-state index contributed by atoms with van der Waals surface area (Å²) in [7, 11) is 0. The predicted molar refractivity (Wildman–Crippen MR) is 144 cm³/mol. The standard InChI is InChI=1S/C30H26F5N3O4/c1-17-26(20-9-5-12-25(27(20)32)42-19-15-41-16-19)28(39)38(14-24(36)18-7-3-2-4-8-18)29(40)37(17)13-21-22(30(33,34)35)10-6-11-23(21)31/h2-12,19,24H,13-16,36H2,1H3. The van der Waals surface area contributed by atoms with Gasteiger partial charge in [-0.1, -0.05) is 48.5 Å². The molecule has 0 amide bonds. The third-order valence-corrected chi connectivity index (χ3v) is 7.17. The van der Waals surface area contributed by atoms with Crippen LogP contribution in [0.15, 0.2) is 76.3 Å². The van der Waals surface area contributed by atoms with Crippen LogP contribution in [0.2, 0.25) is 0 Å². The van der Waals surface area contributed by atoms with E-state index in [0.717, 1.165) is 21.3 Å². The zero-order valence-corrected chi connectivity index (χ0v) is 22.3. The van der Waals surface area contributed by atoms with Crippen LogP contribution in [0.1, 0.15) is 28.4 Å². The zero-order valence-electron chi connectivity index (χ0n) is 22.3. The quantitative estimate of drug-likeness (QED) is 0.299. The fourth-order valence-electron chi connectivity index (χ4n) is 4.86. The molecule has 0 aliphatic carbocycles. The number of benzene rings is 3. The van der Waals surface area contributed by atoms with Gasteiger partial charge in [-0.15, -0.1) is 0 Å². The molecular formula is C30H26F5N3O4. The molecule has 0 spiro atoms. The van der Waals surface area contributed by atoms with E-state index in [1.165, 1.54) is 25.1 Å². The monoisotopic (exact) mass is 587 g/mol. The van der Waals surface area contributed by atoms with Crippen molar-refractivity contribution in [3.05, 3.63) is 122 Å². The van der Waals surface area contributed by atoms with Crippen LogP contribution in [0.4, 0.5) is 22.0 Å². The lowest BCUT2D eigenvalue weighted by Crippen LogP contribution is -2.44. The van der Waals surface area contributed by atoms with Crippen molar-refractivity contribution in [2.24, 2.45) is 5.73 Å². The Kier molecular flexibility index (Phi) is 8.02. The molecule has 5 rings (SSSR count). The molecule has 1 aromatic heterocycles. The third kappa shape index (κ3) is 5.59. The van der Waals surface area contributed by atoms with Gasteiger partial charge in [0.25, 0.3) is 5.56 Å². The van der Waals surface area contributed by atoms with Crippen molar-refractivity contribution < 1.29 is 31.4 Å². The highest BCUT2D eigenvalue weighted by molar-refractivity contribution is 5.67. The number of ether oxygens (including phenoxy) is 2. The first-order chi connectivity index (χ1) is 20.0. The molecule has 1 saturated heterocycles. The molecule has 12 heteroatoms. The summed E-state index contributed by atoms with van der Waals surface area (Å²) in [5, 5.41) is 0. The summed E-state index contributed by atoms with van der Waals surface area (Å²) < 4.78 is 84.4. The lowest BCUT2D eigenvalue weighted by atomic mass is 10.0. The molecule has 7 nitrogen and oxygen atoms in total. The second kappa shape index (κ2) is 11.5. The van der Waals surface area contributed by atoms with E-state index >= 15 is 4.39 Å². The van der Waals surface area contributed by atoms with Gasteiger partial charge in [-0.3, -0.25) is 13.9 Å². The Morgan fingerprint density at radius 2 is 1.67 bits per heavy atom. The van der Waals surface area contributed by atoms with E-state index in [4.69, 9.17) is 15.2 Å². The predicted octanol–water partition coefficient (Wildman–Crippen LogP) is 4.81. The Morgan fingerprint density at radius 1 is 0.976 bits per heavy atom. The van der Waals surface area contributed by atoms with Crippen LogP contribution in [0.3, 0.4) is 0 Å². The van der Waals surface area contributed by atoms with Crippen LogP contribution in [-0.4, -0.2) is 28.5 Å². The molecule has 42 heavy (non-hydrogen) atoms. The van der Waals surface area contributed by atoms with E-state index in [-0.39, 0.29) is 42.3 Å². The Morgan fingerprint density at radius 3 is 2.31 bits per heavy atom. The first-order valence-corrected chi connectivity index (χ1v) is 13.0. The average molecular weight is 588 g/mol. The maximum Gasteiger partial charge on any atom is 0.416 e. The minimum absolute atomic E-state index is 0.158. The number of nitrogens with zero attached hydrogens (tertiary/aromatic N) is 2. The minimum atomic E-state index is -4.93. The van der Waals surface area contributed by atoms with Gasteiger partial charge >= 0.3 is 11.9 Å². The van der Waals surface area contributed by atoms with E-state index in [1.807, 2.05) is 0 Å². The van der Waals surface area contributed by atoms with Gasteiger partial charge in [0.1, 0.15) is 11.9 Å². The maximum atomic E-state index is 15.8. The number of nitrogens with two attached hydrogens (primary N) is 1. The number of aromatic nitrogens is 2. The first kappa shape index (κ1) is 29.2. The van der Waals surface area contributed by atoms with Crippen LogP contribution >= 0.6 is 0 Å². The Bertz CT molecular complexity index is 1730. The van der Waals surface area contributed by atoms with Gasteiger partial charge in [-0.05, 0) is 30.7 Å². The van der Waals surface area contributed by atoms with E-state index in [0.29, 0.717) is 11.6 Å². The maximum absolute atomic E-state index is 15.8. The average Bonchev–Trinajstić information content (AvgIpc) is 2.93. The Balaban J connectivity index is 1.72. The number of halogens is 5. The van der Waals surface area contributed by atoms with Crippen molar-refractivity contribution in [3.8, 4) is 16.9 Å². The second-order valence-corrected chi connectivity index (χ2v) is 9.92. The fraction of sp³-hybridized carbons (Fsp3) is 0.267. The summed E-state index contributed by atoms with van der Waals surface area (Å²) in [6.07, 6.45) is -5.32.